The van der Waals surface area contributed by atoms with Crippen molar-refractivity contribution in [1.29, 1.82) is 0 Å². The predicted octanol–water partition coefficient (Wildman–Crippen LogP) is 0.775. The van der Waals surface area contributed by atoms with E-state index in [9.17, 15) is 9.59 Å². The fourth-order valence-electron chi connectivity index (χ4n) is 2.24. The summed E-state index contributed by atoms with van der Waals surface area (Å²) in [6.45, 7) is 6.86. The van der Waals surface area contributed by atoms with E-state index in [1.54, 1.807) is 0 Å². The summed E-state index contributed by atoms with van der Waals surface area (Å²) in [6, 6.07) is -0.593. The Balaban J connectivity index is 2.83. The molecule has 14 heavy (non-hydrogen) atoms. The molecule has 0 radical (unpaired) electrons. The van der Waals surface area contributed by atoms with Crippen molar-refractivity contribution in [2.24, 2.45) is 17.8 Å². The van der Waals surface area contributed by atoms with Gasteiger partial charge in [-0.2, -0.15) is 0 Å². The van der Waals surface area contributed by atoms with Crippen molar-refractivity contribution in [3.63, 3.8) is 0 Å². The molecule has 0 aliphatic carbocycles. The first-order chi connectivity index (χ1) is 6.56. The van der Waals surface area contributed by atoms with Gasteiger partial charge in [-0.05, 0) is 17.8 Å². The van der Waals surface area contributed by atoms with Crippen LogP contribution in [0.4, 0.5) is 4.79 Å². The molecular weight excluding hydrogens is 180 g/mol. The third kappa shape index (κ3) is 2.25. The first-order valence-corrected chi connectivity index (χ1v) is 5.06. The molecule has 1 heterocycles. The normalized spacial score (nSPS) is 33.1. The van der Waals surface area contributed by atoms with E-state index in [-0.39, 0.29) is 18.0 Å². The zero-order valence-corrected chi connectivity index (χ0v) is 8.91. The SMILES string of the molecule is CC(C)C1C(C)CNC(=O)NC1C=O. The molecule has 3 atom stereocenters. The summed E-state index contributed by atoms with van der Waals surface area (Å²) in [7, 11) is 0. The molecule has 2 N–H and O–H groups in total. The second-order valence-electron chi connectivity index (χ2n) is 4.31. The highest BCUT2D eigenvalue weighted by molar-refractivity contribution is 5.78. The van der Waals surface area contributed by atoms with Gasteiger partial charge in [0.15, 0.2) is 0 Å². The Bertz CT molecular complexity index is 228. The third-order valence-electron chi connectivity index (χ3n) is 2.87. The molecule has 1 aliphatic rings. The first-order valence-electron chi connectivity index (χ1n) is 5.06. The van der Waals surface area contributed by atoms with E-state index in [0.29, 0.717) is 18.4 Å². The summed E-state index contributed by atoms with van der Waals surface area (Å²) in [5.41, 5.74) is 0. The lowest BCUT2D eigenvalue weighted by Gasteiger charge is -2.28. The minimum Gasteiger partial charge on any atom is -0.338 e. The molecule has 1 rings (SSSR count). The summed E-state index contributed by atoms with van der Waals surface area (Å²) in [5.74, 6) is 0.927. The number of aldehydes is 1. The van der Waals surface area contributed by atoms with Crippen LogP contribution < -0.4 is 10.6 Å². The topological polar surface area (TPSA) is 58.2 Å². The number of urea groups is 1. The second-order valence-corrected chi connectivity index (χ2v) is 4.31. The molecule has 0 saturated carbocycles. The average Bonchev–Trinajstić information content (AvgIpc) is 2.25. The molecule has 0 spiro atoms. The van der Waals surface area contributed by atoms with Gasteiger partial charge < -0.3 is 15.4 Å². The van der Waals surface area contributed by atoms with Gasteiger partial charge in [0.1, 0.15) is 6.29 Å². The van der Waals surface area contributed by atoms with Gasteiger partial charge in [0, 0.05) is 6.54 Å². The summed E-state index contributed by atoms with van der Waals surface area (Å²) in [4.78, 5) is 22.1. The van der Waals surface area contributed by atoms with Gasteiger partial charge in [-0.1, -0.05) is 20.8 Å². The highest BCUT2D eigenvalue weighted by Crippen LogP contribution is 2.24. The van der Waals surface area contributed by atoms with E-state index in [1.165, 1.54) is 0 Å². The quantitative estimate of drug-likeness (QED) is 0.644. The molecule has 0 aromatic carbocycles. The van der Waals surface area contributed by atoms with E-state index < -0.39 is 0 Å². The highest BCUT2D eigenvalue weighted by Gasteiger charge is 2.33. The van der Waals surface area contributed by atoms with Crippen LogP contribution in [0.15, 0.2) is 0 Å². The lowest BCUT2D eigenvalue weighted by atomic mass is 9.80. The van der Waals surface area contributed by atoms with Gasteiger partial charge >= 0.3 is 6.03 Å². The predicted molar refractivity (Wildman–Crippen MR) is 53.9 cm³/mol. The molecule has 0 aromatic heterocycles. The van der Waals surface area contributed by atoms with Crippen molar-refractivity contribution in [2.45, 2.75) is 26.8 Å². The van der Waals surface area contributed by atoms with E-state index in [2.05, 4.69) is 31.4 Å². The average molecular weight is 198 g/mol. The Morgan fingerprint density at radius 2 is 2.14 bits per heavy atom. The number of carbonyl (C=O) groups is 2. The molecule has 3 unspecified atom stereocenters. The minimum atomic E-state index is -0.354. The summed E-state index contributed by atoms with van der Waals surface area (Å²) in [6.07, 6.45) is 0.839. The number of hydrogen-bond acceptors (Lipinski definition) is 2. The van der Waals surface area contributed by atoms with Crippen LogP contribution in [0.5, 0.6) is 0 Å². The highest BCUT2D eigenvalue weighted by atomic mass is 16.2. The first kappa shape index (κ1) is 11.0. The van der Waals surface area contributed by atoms with Gasteiger partial charge in [0.2, 0.25) is 0 Å². The summed E-state index contributed by atoms with van der Waals surface area (Å²) in [5, 5.41) is 5.41. The fourth-order valence-corrected chi connectivity index (χ4v) is 2.24. The Hall–Kier alpha value is -1.06. The number of hydrogen-bond donors (Lipinski definition) is 2. The molecule has 1 fully saturated rings. The number of rotatable bonds is 2. The van der Waals surface area contributed by atoms with Gasteiger partial charge in [0.05, 0.1) is 6.04 Å². The standard InChI is InChI=1S/C10H18N2O2/c1-6(2)9-7(3)4-11-10(14)12-8(9)5-13/h5-9H,4H2,1-3H3,(H2,11,12,14). The molecule has 0 aromatic rings. The van der Waals surface area contributed by atoms with Crippen molar-refractivity contribution in [3.05, 3.63) is 0 Å². The van der Waals surface area contributed by atoms with Crippen molar-refractivity contribution in [1.82, 2.24) is 10.6 Å². The Labute approximate surface area is 84.4 Å². The molecule has 4 heteroatoms. The number of carbonyl (C=O) groups excluding carboxylic acids is 2. The zero-order valence-electron chi connectivity index (χ0n) is 8.91. The van der Waals surface area contributed by atoms with Gasteiger partial charge in [-0.25, -0.2) is 4.79 Å². The van der Waals surface area contributed by atoms with Crippen LogP contribution in [0.2, 0.25) is 0 Å². The number of nitrogens with one attached hydrogen (secondary N) is 2. The maximum atomic E-state index is 11.2. The largest absolute Gasteiger partial charge is 0.338 e. The maximum Gasteiger partial charge on any atom is 0.315 e. The van der Waals surface area contributed by atoms with Crippen molar-refractivity contribution >= 4 is 12.3 Å². The third-order valence-corrected chi connectivity index (χ3v) is 2.87. The van der Waals surface area contributed by atoms with E-state index in [4.69, 9.17) is 0 Å². The van der Waals surface area contributed by atoms with Gasteiger partial charge in [0.25, 0.3) is 0 Å². The zero-order chi connectivity index (χ0) is 10.7. The van der Waals surface area contributed by atoms with Crippen molar-refractivity contribution < 1.29 is 9.59 Å². The molecule has 80 valence electrons. The van der Waals surface area contributed by atoms with Crippen LogP contribution in [0.1, 0.15) is 20.8 Å². The van der Waals surface area contributed by atoms with Crippen molar-refractivity contribution in [3.8, 4) is 0 Å². The van der Waals surface area contributed by atoms with Gasteiger partial charge in [-0.3, -0.25) is 0 Å². The lowest BCUT2D eigenvalue weighted by Crippen LogP contribution is -2.44. The van der Waals surface area contributed by atoms with E-state index in [0.717, 1.165) is 6.29 Å². The molecule has 1 saturated heterocycles. The monoisotopic (exact) mass is 198 g/mol. The van der Waals surface area contributed by atoms with Crippen LogP contribution in [0, 0.1) is 17.8 Å². The Morgan fingerprint density at radius 3 is 2.64 bits per heavy atom. The van der Waals surface area contributed by atoms with Gasteiger partial charge in [-0.15, -0.1) is 0 Å². The molecule has 1 aliphatic heterocycles. The minimum absolute atomic E-state index is 0.214. The van der Waals surface area contributed by atoms with Crippen molar-refractivity contribution in [2.75, 3.05) is 6.54 Å². The van der Waals surface area contributed by atoms with Crippen LogP contribution in [0.25, 0.3) is 0 Å². The van der Waals surface area contributed by atoms with Crippen LogP contribution >= 0.6 is 0 Å². The molecule has 0 bridgehead atoms. The number of amides is 2. The smallest absolute Gasteiger partial charge is 0.315 e. The van der Waals surface area contributed by atoms with Crippen LogP contribution in [-0.4, -0.2) is 24.9 Å². The van der Waals surface area contributed by atoms with E-state index >= 15 is 0 Å². The molecule has 4 nitrogen and oxygen atoms in total. The summed E-state index contributed by atoms with van der Waals surface area (Å²) < 4.78 is 0. The maximum absolute atomic E-state index is 11.2. The second kappa shape index (κ2) is 4.44. The lowest BCUT2D eigenvalue weighted by molar-refractivity contribution is -0.111. The summed E-state index contributed by atoms with van der Waals surface area (Å²) >= 11 is 0. The molecule has 2 amide bonds. The Morgan fingerprint density at radius 1 is 1.50 bits per heavy atom. The Kier molecular flexibility index (Phi) is 3.49. The van der Waals surface area contributed by atoms with Crippen LogP contribution in [-0.2, 0) is 4.79 Å². The van der Waals surface area contributed by atoms with Crippen LogP contribution in [0.3, 0.4) is 0 Å². The molecular formula is C10H18N2O2. The van der Waals surface area contributed by atoms with E-state index in [1.807, 2.05) is 0 Å². The fraction of sp³-hybridized carbons (Fsp3) is 0.800.